The van der Waals surface area contributed by atoms with Crippen molar-refractivity contribution in [3.05, 3.63) is 51.7 Å². The summed E-state index contributed by atoms with van der Waals surface area (Å²) in [7, 11) is 1.61. The van der Waals surface area contributed by atoms with Crippen LogP contribution in [0.4, 0.5) is 0 Å². The minimum atomic E-state index is -0.129. The Kier molecular flexibility index (Phi) is 4.91. The zero-order chi connectivity index (χ0) is 17.3. The number of amides is 1. The van der Waals surface area contributed by atoms with E-state index in [0.29, 0.717) is 5.56 Å². The van der Waals surface area contributed by atoms with E-state index in [1.54, 1.807) is 13.1 Å². The molecule has 122 valence electrons. The van der Waals surface area contributed by atoms with Crippen LogP contribution in [0.1, 0.15) is 22.1 Å². The van der Waals surface area contributed by atoms with E-state index in [2.05, 4.69) is 33.0 Å². The van der Waals surface area contributed by atoms with Crippen molar-refractivity contribution in [2.45, 2.75) is 16.7 Å². The van der Waals surface area contributed by atoms with Crippen LogP contribution in [0.15, 0.2) is 52.3 Å². The zero-order valence-corrected chi connectivity index (χ0v) is 16.0. The number of carbonyl (C=O) groups excluding carboxylic acids is 2. The third kappa shape index (κ3) is 3.18. The van der Waals surface area contributed by atoms with Gasteiger partial charge in [0.2, 0.25) is 5.91 Å². The van der Waals surface area contributed by atoms with Gasteiger partial charge in [0, 0.05) is 29.1 Å². The van der Waals surface area contributed by atoms with Gasteiger partial charge in [0.15, 0.2) is 0 Å². The molecule has 0 aliphatic carbocycles. The summed E-state index contributed by atoms with van der Waals surface area (Å²) >= 11 is 3.61. The van der Waals surface area contributed by atoms with Crippen molar-refractivity contribution in [3.63, 3.8) is 0 Å². The van der Waals surface area contributed by atoms with Crippen LogP contribution >= 0.6 is 34.4 Å². The molecule has 0 radical (unpaired) electrons. The van der Waals surface area contributed by atoms with Crippen molar-refractivity contribution in [3.8, 4) is 0 Å². The average Bonchev–Trinajstić information content (AvgIpc) is 2.91. The van der Waals surface area contributed by atoms with Crippen LogP contribution in [0.5, 0.6) is 0 Å². The molecule has 24 heavy (non-hydrogen) atoms. The smallest absolute Gasteiger partial charge is 0.252 e. The summed E-state index contributed by atoms with van der Waals surface area (Å²) in [5, 5.41) is 7.87. The molecule has 0 atom stereocenters. The maximum atomic E-state index is 12.0. The van der Waals surface area contributed by atoms with Crippen LogP contribution in [0, 0.1) is 3.70 Å². The lowest BCUT2D eigenvalue weighted by Crippen LogP contribution is -2.18. The van der Waals surface area contributed by atoms with E-state index in [1.807, 2.05) is 36.4 Å². The van der Waals surface area contributed by atoms with Crippen LogP contribution in [-0.4, -0.2) is 28.6 Å². The van der Waals surface area contributed by atoms with E-state index in [1.165, 1.54) is 23.4 Å². The van der Waals surface area contributed by atoms with Gasteiger partial charge in [0.25, 0.3) is 5.91 Å². The Labute approximate surface area is 156 Å². The van der Waals surface area contributed by atoms with Gasteiger partial charge in [-0.25, -0.2) is 0 Å². The Morgan fingerprint density at radius 2 is 1.96 bits per heavy atom. The fraction of sp³-hybridized carbons (Fsp3) is 0.118. The van der Waals surface area contributed by atoms with E-state index in [0.717, 1.165) is 24.4 Å². The standard InChI is InChI=1S/C17H14IN3O2S/c1-10(22)21-14-9-11(7-8-12(14)16(18)20-21)24-15-6-4-3-5-13(15)17(23)19-2/h3-9H,1-2H3,(H,19,23). The number of carbonyl (C=O) groups is 2. The van der Waals surface area contributed by atoms with Crippen LogP contribution in [0.2, 0.25) is 0 Å². The Balaban J connectivity index is 2.04. The summed E-state index contributed by atoms with van der Waals surface area (Å²) in [4.78, 5) is 25.6. The van der Waals surface area contributed by atoms with Crippen LogP contribution < -0.4 is 5.32 Å². The lowest BCUT2D eigenvalue weighted by molar-refractivity contribution is 0.0924. The maximum Gasteiger partial charge on any atom is 0.252 e. The molecule has 0 saturated heterocycles. The number of nitrogens with zero attached hydrogens (tertiary/aromatic N) is 2. The second-order valence-corrected chi connectivity index (χ2v) is 7.22. The number of benzene rings is 2. The molecular weight excluding hydrogens is 437 g/mol. The molecule has 1 heterocycles. The molecule has 0 aliphatic rings. The molecule has 0 unspecified atom stereocenters. The van der Waals surface area contributed by atoms with Gasteiger partial charge in [0.1, 0.15) is 3.70 Å². The van der Waals surface area contributed by atoms with E-state index >= 15 is 0 Å². The topological polar surface area (TPSA) is 64.0 Å². The predicted octanol–water partition coefficient (Wildman–Crippen LogP) is 3.81. The number of halogens is 1. The van der Waals surface area contributed by atoms with Crippen molar-refractivity contribution in [2.24, 2.45) is 0 Å². The predicted molar refractivity (Wildman–Crippen MR) is 103 cm³/mol. The molecule has 1 amide bonds. The first-order valence-corrected chi connectivity index (χ1v) is 9.09. The summed E-state index contributed by atoms with van der Waals surface area (Å²) in [6.45, 7) is 1.49. The number of hydrogen-bond acceptors (Lipinski definition) is 4. The largest absolute Gasteiger partial charge is 0.355 e. The third-order valence-corrected chi connectivity index (χ3v) is 5.35. The van der Waals surface area contributed by atoms with E-state index in [-0.39, 0.29) is 11.8 Å². The minimum Gasteiger partial charge on any atom is -0.355 e. The number of hydrogen-bond donors (Lipinski definition) is 1. The molecule has 0 aliphatic heterocycles. The van der Waals surface area contributed by atoms with Crippen molar-refractivity contribution in [2.75, 3.05) is 7.05 Å². The number of rotatable bonds is 3. The molecular formula is C17H14IN3O2S. The summed E-state index contributed by atoms with van der Waals surface area (Å²) in [5.74, 6) is -0.252. The Hall–Kier alpha value is -1.87. The summed E-state index contributed by atoms with van der Waals surface area (Å²) in [5.41, 5.74) is 1.40. The fourth-order valence-electron chi connectivity index (χ4n) is 2.37. The van der Waals surface area contributed by atoms with Gasteiger partial charge in [-0.05, 0) is 52.9 Å². The van der Waals surface area contributed by atoms with Crippen LogP contribution in [0.3, 0.4) is 0 Å². The molecule has 7 heteroatoms. The normalized spacial score (nSPS) is 10.8. The fourth-order valence-corrected chi connectivity index (χ4v) is 4.01. The number of nitrogens with one attached hydrogen (secondary N) is 1. The first kappa shape index (κ1) is 17.0. The second kappa shape index (κ2) is 6.94. The molecule has 2 aromatic carbocycles. The van der Waals surface area contributed by atoms with Gasteiger partial charge in [-0.3, -0.25) is 9.59 Å². The Bertz CT molecular complexity index is 952. The number of aromatic nitrogens is 2. The summed E-state index contributed by atoms with van der Waals surface area (Å²) in [6.07, 6.45) is 0. The van der Waals surface area contributed by atoms with Gasteiger partial charge in [0.05, 0.1) is 11.1 Å². The highest BCUT2D eigenvalue weighted by atomic mass is 127. The Morgan fingerprint density at radius 1 is 1.21 bits per heavy atom. The maximum absolute atomic E-state index is 12.0. The van der Waals surface area contributed by atoms with Crippen molar-refractivity contribution in [1.82, 2.24) is 15.1 Å². The SMILES string of the molecule is CNC(=O)c1ccccc1Sc1ccc2c(I)nn(C(C)=O)c2c1. The van der Waals surface area contributed by atoms with Crippen molar-refractivity contribution >= 4 is 57.1 Å². The zero-order valence-electron chi connectivity index (χ0n) is 13.0. The van der Waals surface area contributed by atoms with Gasteiger partial charge in [-0.2, -0.15) is 9.78 Å². The van der Waals surface area contributed by atoms with Crippen molar-refractivity contribution < 1.29 is 9.59 Å². The van der Waals surface area contributed by atoms with E-state index in [9.17, 15) is 9.59 Å². The highest BCUT2D eigenvalue weighted by molar-refractivity contribution is 14.1. The minimum absolute atomic E-state index is 0.123. The van der Waals surface area contributed by atoms with Crippen LogP contribution in [-0.2, 0) is 0 Å². The van der Waals surface area contributed by atoms with Gasteiger partial charge in [-0.1, -0.05) is 23.9 Å². The van der Waals surface area contributed by atoms with E-state index in [4.69, 9.17) is 0 Å². The lowest BCUT2D eigenvalue weighted by atomic mass is 10.2. The average molecular weight is 451 g/mol. The summed E-state index contributed by atoms with van der Waals surface area (Å²) < 4.78 is 2.20. The molecule has 0 spiro atoms. The van der Waals surface area contributed by atoms with Gasteiger partial charge in [-0.15, -0.1) is 0 Å². The molecule has 0 bridgehead atoms. The first-order chi connectivity index (χ1) is 11.5. The van der Waals surface area contributed by atoms with E-state index < -0.39 is 0 Å². The van der Waals surface area contributed by atoms with Gasteiger partial charge >= 0.3 is 0 Å². The number of fused-ring (bicyclic) bond motifs is 1. The summed E-state index contributed by atoms with van der Waals surface area (Å²) in [6, 6.07) is 13.3. The monoisotopic (exact) mass is 451 g/mol. The molecule has 0 saturated carbocycles. The second-order valence-electron chi connectivity index (χ2n) is 5.08. The quantitative estimate of drug-likeness (QED) is 0.616. The molecule has 3 rings (SSSR count). The van der Waals surface area contributed by atoms with Crippen LogP contribution in [0.25, 0.3) is 10.9 Å². The highest BCUT2D eigenvalue weighted by Crippen LogP contribution is 2.33. The third-order valence-electron chi connectivity index (χ3n) is 3.49. The van der Waals surface area contributed by atoms with Gasteiger partial charge < -0.3 is 5.32 Å². The lowest BCUT2D eigenvalue weighted by Gasteiger charge is -2.08. The molecule has 0 fully saturated rings. The molecule has 5 nitrogen and oxygen atoms in total. The molecule has 3 aromatic rings. The first-order valence-electron chi connectivity index (χ1n) is 7.19. The Morgan fingerprint density at radius 3 is 2.67 bits per heavy atom. The molecule has 1 N–H and O–H groups in total. The van der Waals surface area contributed by atoms with Crippen molar-refractivity contribution in [1.29, 1.82) is 0 Å². The molecule has 1 aromatic heterocycles. The highest BCUT2D eigenvalue weighted by Gasteiger charge is 2.14.